The van der Waals surface area contributed by atoms with E-state index in [2.05, 4.69) is 15.3 Å². The third kappa shape index (κ3) is 6.55. The maximum Gasteiger partial charge on any atom is 0.328 e. The zero-order chi connectivity index (χ0) is 24.7. The van der Waals surface area contributed by atoms with Gasteiger partial charge in [-0.05, 0) is 36.8 Å². The quantitative estimate of drug-likeness (QED) is 0.310. The second kappa shape index (κ2) is 12.3. The number of piperidine rings is 1. The molecule has 2 amide bonds. The van der Waals surface area contributed by atoms with Crippen molar-refractivity contribution < 1.29 is 19.1 Å². The summed E-state index contributed by atoms with van der Waals surface area (Å²) in [5.41, 5.74) is 1.38. The van der Waals surface area contributed by atoms with Gasteiger partial charge in [0.2, 0.25) is 11.8 Å². The van der Waals surface area contributed by atoms with Gasteiger partial charge >= 0.3 is 5.97 Å². The maximum atomic E-state index is 12.8. The Hall–Kier alpha value is -2.49. The number of rotatable bonds is 8. The zero-order valence-corrected chi connectivity index (χ0v) is 21.2. The van der Waals surface area contributed by atoms with Crippen LogP contribution in [0.4, 0.5) is 0 Å². The Bertz CT molecular complexity index is 1050. The topological polar surface area (TPSA) is 104 Å². The molecule has 182 valence electrons. The van der Waals surface area contributed by atoms with Crippen molar-refractivity contribution in [2.24, 2.45) is 5.92 Å². The minimum Gasteiger partial charge on any atom is -0.467 e. The molecule has 2 N–H and O–H groups in total. The van der Waals surface area contributed by atoms with Crippen LogP contribution in [0.2, 0.25) is 10.0 Å². The van der Waals surface area contributed by atoms with E-state index in [1.165, 1.54) is 31.3 Å². The van der Waals surface area contributed by atoms with Crippen LogP contribution in [0, 0.1) is 5.92 Å². The molecule has 1 fully saturated rings. The van der Waals surface area contributed by atoms with Gasteiger partial charge in [-0.25, -0.2) is 9.78 Å². The fourth-order valence-corrected chi connectivity index (χ4v) is 4.88. The second-order valence-electron chi connectivity index (χ2n) is 7.78. The smallest absolute Gasteiger partial charge is 0.328 e. The van der Waals surface area contributed by atoms with Gasteiger partial charge in [0.25, 0.3) is 0 Å². The third-order valence-corrected chi connectivity index (χ3v) is 7.45. The SMILES string of the molecule is COC(=O)[C@H](Cc1cnc[nH]1)NC(=O)C1CCN(C(=O)/C=C/c2ccc(SC)c(Cl)c2Cl)CC1. The molecule has 2 aromatic rings. The number of nitrogens with one attached hydrogen (secondary N) is 2. The van der Waals surface area contributed by atoms with E-state index in [-0.39, 0.29) is 24.2 Å². The molecule has 11 heteroatoms. The molecule has 0 unspecified atom stereocenters. The van der Waals surface area contributed by atoms with E-state index in [4.69, 9.17) is 27.9 Å². The van der Waals surface area contributed by atoms with Crippen LogP contribution in [0.1, 0.15) is 24.1 Å². The summed E-state index contributed by atoms with van der Waals surface area (Å²) in [6.45, 7) is 0.870. The molecule has 3 rings (SSSR count). The number of likely N-dealkylation sites (tertiary alicyclic amines) is 1. The Balaban J connectivity index is 1.54. The fraction of sp³-hybridized carbons (Fsp3) is 0.391. The molecule has 1 aliphatic rings. The first-order chi connectivity index (χ1) is 16.3. The molecule has 0 saturated carbocycles. The largest absolute Gasteiger partial charge is 0.467 e. The lowest BCUT2D eigenvalue weighted by molar-refractivity contribution is -0.145. The van der Waals surface area contributed by atoms with Crippen LogP contribution in [0.5, 0.6) is 0 Å². The summed E-state index contributed by atoms with van der Waals surface area (Å²) in [6.07, 6.45) is 9.38. The van der Waals surface area contributed by atoms with E-state index in [1.807, 2.05) is 18.4 Å². The van der Waals surface area contributed by atoms with Gasteiger partial charge in [-0.1, -0.05) is 29.3 Å². The van der Waals surface area contributed by atoms with Crippen molar-refractivity contribution in [3.8, 4) is 0 Å². The highest BCUT2D eigenvalue weighted by atomic mass is 35.5. The van der Waals surface area contributed by atoms with Crippen molar-refractivity contribution in [1.82, 2.24) is 20.2 Å². The maximum absolute atomic E-state index is 12.8. The standard InChI is InChI=1S/C23H26Cl2N4O4S/c1-33-23(32)17(11-16-12-26-13-27-16)28-22(31)15-7-9-29(10-8-15)19(30)6-4-14-3-5-18(34-2)21(25)20(14)24/h3-6,12-13,15,17H,7-11H2,1-2H3,(H,26,27)(H,28,31)/b6-4+/t17-/m0/s1. The number of carbonyl (C=O) groups excluding carboxylic acids is 3. The molecule has 1 aromatic heterocycles. The molecular formula is C23H26Cl2N4O4S. The molecule has 1 aliphatic heterocycles. The molecule has 1 saturated heterocycles. The highest BCUT2D eigenvalue weighted by Gasteiger charge is 2.30. The predicted molar refractivity (Wildman–Crippen MR) is 133 cm³/mol. The number of halogens is 2. The Labute approximate surface area is 212 Å². The Kier molecular flexibility index (Phi) is 9.44. The molecule has 8 nitrogen and oxygen atoms in total. The Morgan fingerprint density at radius 2 is 2.03 bits per heavy atom. The highest BCUT2D eigenvalue weighted by Crippen LogP contribution is 2.35. The average molecular weight is 525 g/mol. The summed E-state index contributed by atoms with van der Waals surface area (Å²) in [5.74, 6) is -1.21. The number of esters is 1. The van der Waals surface area contributed by atoms with E-state index in [9.17, 15) is 14.4 Å². The first-order valence-corrected chi connectivity index (χ1v) is 12.7. The normalized spacial score (nSPS) is 15.4. The molecule has 34 heavy (non-hydrogen) atoms. The van der Waals surface area contributed by atoms with Gasteiger partial charge in [0.15, 0.2) is 0 Å². The van der Waals surface area contributed by atoms with Crippen LogP contribution < -0.4 is 5.32 Å². The third-order valence-electron chi connectivity index (χ3n) is 5.66. The number of aromatic amines is 1. The predicted octanol–water partition coefficient (Wildman–Crippen LogP) is 3.59. The number of thioether (sulfide) groups is 1. The number of nitrogens with zero attached hydrogens (tertiary/aromatic N) is 2. The van der Waals surface area contributed by atoms with Crippen LogP contribution in [-0.4, -0.2) is 65.1 Å². The van der Waals surface area contributed by atoms with E-state index in [0.29, 0.717) is 47.2 Å². The summed E-state index contributed by atoms with van der Waals surface area (Å²) in [6, 6.07) is 2.87. The number of hydrogen-bond acceptors (Lipinski definition) is 6. The van der Waals surface area contributed by atoms with Gasteiger partial charge in [-0.15, -0.1) is 11.8 Å². The average Bonchev–Trinajstić information content (AvgIpc) is 3.37. The van der Waals surface area contributed by atoms with Crippen molar-refractivity contribution in [1.29, 1.82) is 0 Å². The number of ether oxygens (including phenoxy) is 1. The fourth-order valence-electron chi connectivity index (χ4n) is 3.70. The molecule has 0 aliphatic carbocycles. The van der Waals surface area contributed by atoms with Gasteiger partial charge < -0.3 is 19.9 Å². The van der Waals surface area contributed by atoms with E-state index >= 15 is 0 Å². The van der Waals surface area contributed by atoms with Gasteiger partial charge in [0.1, 0.15) is 6.04 Å². The Morgan fingerprint density at radius 3 is 2.65 bits per heavy atom. The number of amides is 2. The number of hydrogen-bond donors (Lipinski definition) is 2. The van der Waals surface area contributed by atoms with Crippen LogP contribution >= 0.6 is 35.0 Å². The summed E-state index contributed by atoms with van der Waals surface area (Å²) < 4.78 is 4.82. The summed E-state index contributed by atoms with van der Waals surface area (Å²) in [5, 5.41) is 3.65. The molecule has 2 heterocycles. The van der Waals surface area contributed by atoms with Crippen molar-refractivity contribution in [2.75, 3.05) is 26.5 Å². The second-order valence-corrected chi connectivity index (χ2v) is 9.39. The monoisotopic (exact) mass is 524 g/mol. The van der Waals surface area contributed by atoms with Crippen molar-refractivity contribution in [2.45, 2.75) is 30.2 Å². The number of benzene rings is 1. The van der Waals surface area contributed by atoms with Crippen molar-refractivity contribution >= 4 is 58.8 Å². The number of carbonyl (C=O) groups is 3. The zero-order valence-electron chi connectivity index (χ0n) is 18.8. The molecule has 0 spiro atoms. The lowest BCUT2D eigenvalue weighted by Crippen LogP contribution is -2.48. The van der Waals surface area contributed by atoms with Crippen LogP contribution in [0.25, 0.3) is 6.08 Å². The minimum absolute atomic E-state index is 0.160. The minimum atomic E-state index is -0.811. The molecular weight excluding hydrogens is 499 g/mol. The summed E-state index contributed by atoms with van der Waals surface area (Å²) in [4.78, 5) is 46.9. The molecule has 1 atom stereocenters. The van der Waals surface area contributed by atoms with Gasteiger partial charge in [-0.3, -0.25) is 9.59 Å². The number of aromatic nitrogens is 2. The molecule has 0 radical (unpaired) electrons. The first kappa shape index (κ1) is 26.1. The van der Waals surface area contributed by atoms with E-state index < -0.39 is 12.0 Å². The summed E-state index contributed by atoms with van der Waals surface area (Å²) >= 11 is 14.1. The Morgan fingerprint density at radius 1 is 1.29 bits per heavy atom. The number of H-pyrrole nitrogens is 1. The summed E-state index contributed by atoms with van der Waals surface area (Å²) in [7, 11) is 1.28. The molecule has 1 aromatic carbocycles. The van der Waals surface area contributed by atoms with Crippen LogP contribution in [0.15, 0.2) is 35.6 Å². The highest BCUT2D eigenvalue weighted by molar-refractivity contribution is 7.98. The first-order valence-electron chi connectivity index (χ1n) is 10.7. The van der Waals surface area contributed by atoms with Crippen molar-refractivity contribution in [3.05, 3.63) is 52.0 Å². The van der Waals surface area contributed by atoms with Crippen LogP contribution in [0.3, 0.4) is 0 Å². The van der Waals surface area contributed by atoms with Gasteiger partial charge in [0, 0.05) is 48.3 Å². The van der Waals surface area contributed by atoms with Crippen LogP contribution in [-0.2, 0) is 25.5 Å². The van der Waals surface area contributed by atoms with Crippen molar-refractivity contribution in [3.63, 3.8) is 0 Å². The van der Waals surface area contributed by atoms with Gasteiger partial charge in [0.05, 0.1) is 23.5 Å². The lowest BCUT2D eigenvalue weighted by Gasteiger charge is -2.31. The van der Waals surface area contributed by atoms with E-state index in [1.54, 1.807) is 17.2 Å². The molecule has 0 bridgehead atoms. The van der Waals surface area contributed by atoms with Gasteiger partial charge in [-0.2, -0.15) is 0 Å². The van der Waals surface area contributed by atoms with E-state index in [0.717, 1.165) is 4.90 Å². The number of imidazole rings is 1. The number of methoxy groups -OCH3 is 1. The lowest BCUT2D eigenvalue weighted by atomic mass is 9.95.